The molecule has 0 unspecified atom stereocenters. The van der Waals surface area contributed by atoms with Crippen molar-refractivity contribution >= 4 is 59.2 Å². The first-order valence-electron chi connectivity index (χ1n) is 13.6. The minimum atomic E-state index is -2.05. The molecule has 0 spiro atoms. The van der Waals surface area contributed by atoms with E-state index in [9.17, 15) is 14.4 Å². The molecular weight excluding hydrogens is 559 g/mol. The van der Waals surface area contributed by atoms with Gasteiger partial charge in [0.15, 0.2) is 35.1 Å². The number of rotatable bonds is 23. The van der Waals surface area contributed by atoms with Crippen LogP contribution in [0.5, 0.6) is 0 Å². The molecule has 0 aliphatic carbocycles. The highest BCUT2D eigenvalue weighted by atomic mass is 33.3. The lowest BCUT2D eigenvalue weighted by atomic mass is 10.1. The molecule has 0 heterocycles. The monoisotopic (exact) mass is 606 g/mol. The van der Waals surface area contributed by atoms with Gasteiger partial charge in [-0.1, -0.05) is 80.1 Å². The first-order valence-corrected chi connectivity index (χ1v) is 18.7. The van der Waals surface area contributed by atoms with Crippen molar-refractivity contribution in [1.82, 2.24) is 0 Å². The molecule has 0 aromatic rings. The predicted octanol–water partition coefficient (Wildman–Crippen LogP) is 9.26. The van der Waals surface area contributed by atoms with Crippen molar-refractivity contribution in [3.05, 3.63) is 17.3 Å². The fraction of sp³-hybridized carbons (Fsp3) is 0.786. The molecule has 0 aromatic heterocycles. The van der Waals surface area contributed by atoms with Crippen LogP contribution in [0.2, 0.25) is 0 Å². The molecule has 0 aliphatic heterocycles. The lowest BCUT2D eigenvalue weighted by molar-refractivity contribution is -0.267. The summed E-state index contributed by atoms with van der Waals surface area (Å²) in [5.74, 6) is 7.11. The van der Waals surface area contributed by atoms with Crippen molar-refractivity contribution in [2.24, 2.45) is 17.8 Å². The van der Waals surface area contributed by atoms with Gasteiger partial charge in [0.25, 0.3) is 0 Å². The Morgan fingerprint density at radius 2 is 0.921 bits per heavy atom. The second-order valence-electron chi connectivity index (χ2n) is 10.6. The lowest BCUT2D eigenvalue weighted by Gasteiger charge is -2.33. The topological polar surface area (TPSA) is 78.9 Å². The van der Waals surface area contributed by atoms with Gasteiger partial charge in [0.1, 0.15) is 0 Å². The standard InChI is InChI=1S/C28H47O6PS3/c1-22(2)13-7-10-16-25(19-29)32-28(38-35(36)37,33-26(20-30)17-11-8-14-23(3)4)34-27(21-31)18-12-9-15-24(5)6/h22-24,36-37H,7-18H2,1-6H3. The summed E-state index contributed by atoms with van der Waals surface area (Å²) in [6.45, 7) is 12.8. The Hall–Kier alpha value is -0.770. The zero-order chi connectivity index (χ0) is 29.0. The largest absolute Gasteiger partial charge is 0.481 e. The molecule has 0 amide bonds. The van der Waals surface area contributed by atoms with Crippen molar-refractivity contribution < 1.29 is 28.6 Å². The Kier molecular flexibility index (Phi) is 21.5. The normalized spacial score (nSPS) is 12.6. The summed E-state index contributed by atoms with van der Waals surface area (Å²) in [6, 6.07) is 0. The van der Waals surface area contributed by atoms with Crippen LogP contribution >= 0.6 is 41.4 Å². The Balaban J connectivity index is 5.90. The molecule has 0 radical (unpaired) electrons. The van der Waals surface area contributed by atoms with Crippen LogP contribution in [0.4, 0.5) is 0 Å². The molecule has 0 aromatic carbocycles. The zero-order valence-corrected chi connectivity index (χ0v) is 27.4. The third-order valence-electron chi connectivity index (χ3n) is 5.59. The van der Waals surface area contributed by atoms with Gasteiger partial charge in [0.05, 0.1) is 5.53 Å². The predicted molar refractivity (Wildman–Crippen MR) is 166 cm³/mol. The SMILES string of the molecule is CC(C)CCCCC(=C=O)OC(OC(=C=O)CCCCC(C)C)(OC(=C=O)CCCCC(C)C)SP(S)S. The van der Waals surface area contributed by atoms with Crippen LogP contribution in [-0.2, 0) is 28.6 Å². The van der Waals surface area contributed by atoms with E-state index in [0.717, 1.165) is 49.9 Å². The lowest BCUT2D eigenvalue weighted by Crippen LogP contribution is -2.35. The fourth-order valence-corrected chi connectivity index (χ4v) is 6.90. The third kappa shape index (κ3) is 19.3. The van der Waals surface area contributed by atoms with Crippen LogP contribution in [0.1, 0.15) is 119 Å². The van der Waals surface area contributed by atoms with Crippen LogP contribution in [0.25, 0.3) is 0 Å². The second-order valence-corrected chi connectivity index (χ2v) is 18.4. The number of allylic oxidation sites excluding steroid dienone is 3. The summed E-state index contributed by atoms with van der Waals surface area (Å²) >= 11 is 9.74. The van der Waals surface area contributed by atoms with Gasteiger partial charge in [-0.3, -0.25) is 0 Å². The molecule has 218 valence electrons. The maximum absolute atomic E-state index is 11.8. The van der Waals surface area contributed by atoms with E-state index in [0.29, 0.717) is 56.3 Å². The van der Waals surface area contributed by atoms with Gasteiger partial charge in [-0.2, -0.15) is 0 Å². The van der Waals surface area contributed by atoms with E-state index in [1.807, 2.05) is 17.8 Å². The molecule has 0 bridgehead atoms. The summed E-state index contributed by atoms with van der Waals surface area (Å²) in [5, 5.41) is -2.05. The summed E-state index contributed by atoms with van der Waals surface area (Å²) in [7, 11) is 0. The quantitative estimate of drug-likeness (QED) is 0.0300. The zero-order valence-electron chi connectivity index (χ0n) is 23.9. The van der Waals surface area contributed by atoms with Crippen molar-refractivity contribution in [2.75, 3.05) is 0 Å². The highest BCUT2D eigenvalue weighted by molar-refractivity contribution is 9.06. The summed E-state index contributed by atoms with van der Waals surface area (Å²) in [6.07, 6.45) is 8.81. The summed E-state index contributed by atoms with van der Waals surface area (Å²) < 4.78 is 18.0. The Morgan fingerprint density at radius 1 is 0.632 bits per heavy atom. The molecule has 10 heteroatoms. The molecular formula is C28H47O6PS3. The molecule has 0 atom stereocenters. The van der Waals surface area contributed by atoms with Gasteiger partial charge in [0.2, 0.25) is 0 Å². The first-order chi connectivity index (χ1) is 18.0. The molecule has 0 aliphatic rings. The van der Waals surface area contributed by atoms with Crippen LogP contribution in [0.3, 0.4) is 0 Å². The van der Waals surface area contributed by atoms with Gasteiger partial charge in [-0.05, 0) is 37.0 Å². The highest BCUT2D eigenvalue weighted by Crippen LogP contribution is 2.64. The number of thiol groups is 2. The summed E-state index contributed by atoms with van der Waals surface area (Å²) in [4.78, 5) is 35.5. The smallest absolute Gasteiger partial charge is 0.404 e. The van der Waals surface area contributed by atoms with E-state index in [-0.39, 0.29) is 17.3 Å². The van der Waals surface area contributed by atoms with Crippen LogP contribution in [-0.4, -0.2) is 23.1 Å². The van der Waals surface area contributed by atoms with Gasteiger partial charge in [-0.25, -0.2) is 14.4 Å². The number of unbranched alkanes of at least 4 members (excludes halogenated alkanes) is 3. The Bertz CT molecular complexity index is 714. The van der Waals surface area contributed by atoms with Gasteiger partial charge in [-0.15, -0.1) is 24.5 Å². The fourth-order valence-electron chi connectivity index (χ4n) is 3.55. The van der Waals surface area contributed by atoms with Gasteiger partial charge in [0, 0.05) is 30.6 Å². The second kappa shape index (κ2) is 22.0. The third-order valence-corrected chi connectivity index (χ3v) is 8.85. The number of carbonyl (C=O) groups excluding carboxylic acids is 3. The maximum Gasteiger partial charge on any atom is 0.481 e. The maximum atomic E-state index is 11.8. The summed E-state index contributed by atoms with van der Waals surface area (Å²) in [5.41, 5.74) is -1.37. The van der Waals surface area contributed by atoms with Crippen molar-refractivity contribution in [3.8, 4) is 0 Å². The van der Waals surface area contributed by atoms with E-state index in [1.54, 1.807) is 0 Å². The molecule has 0 N–H and O–H groups in total. The van der Waals surface area contributed by atoms with Crippen LogP contribution < -0.4 is 0 Å². The van der Waals surface area contributed by atoms with E-state index in [4.69, 9.17) is 14.2 Å². The van der Waals surface area contributed by atoms with Crippen LogP contribution in [0.15, 0.2) is 17.3 Å². The van der Waals surface area contributed by atoms with E-state index in [1.165, 1.54) is 0 Å². The van der Waals surface area contributed by atoms with Crippen LogP contribution in [0, 0.1) is 17.8 Å². The number of ether oxygens (including phenoxy) is 3. The molecule has 0 fully saturated rings. The highest BCUT2D eigenvalue weighted by Gasteiger charge is 2.44. The van der Waals surface area contributed by atoms with E-state index >= 15 is 0 Å². The van der Waals surface area contributed by atoms with E-state index < -0.39 is 10.8 Å². The van der Waals surface area contributed by atoms with Gasteiger partial charge < -0.3 is 14.2 Å². The number of hydrogen-bond acceptors (Lipinski definition) is 9. The molecule has 0 saturated carbocycles. The molecule has 38 heavy (non-hydrogen) atoms. The molecule has 0 rings (SSSR count). The average Bonchev–Trinajstić information content (AvgIpc) is 2.83. The Morgan fingerprint density at radius 3 is 1.13 bits per heavy atom. The molecule has 6 nitrogen and oxygen atoms in total. The average molecular weight is 607 g/mol. The first kappa shape index (κ1) is 37.2. The van der Waals surface area contributed by atoms with Crippen molar-refractivity contribution in [3.63, 3.8) is 0 Å². The Labute approximate surface area is 246 Å². The van der Waals surface area contributed by atoms with Gasteiger partial charge >= 0.3 is 5.31 Å². The molecule has 0 saturated heterocycles. The minimum Gasteiger partial charge on any atom is -0.404 e. The van der Waals surface area contributed by atoms with Crippen molar-refractivity contribution in [2.45, 2.75) is 124 Å². The minimum absolute atomic E-state index is 0.0186. The van der Waals surface area contributed by atoms with Crippen molar-refractivity contribution in [1.29, 1.82) is 0 Å². The number of hydrogen-bond donors (Lipinski definition) is 2. The van der Waals surface area contributed by atoms with E-state index in [2.05, 4.69) is 66.0 Å².